The van der Waals surface area contributed by atoms with Crippen LogP contribution in [0.15, 0.2) is 18.2 Å². The lowest BCUT2D eigenvalue weighted by atomic mass is 9.97. The lowest BCUT2D eigenvalue weighted by Crippen LogP contribution is -2.21. The van der Waals surface area contributed by atoms with Crippen LogP contribution in [0.4, 0.5) is 5.69 Å². The molecule has 0 amide bonds. The van der Waals surface area contributed by atoms with Crippen LogP contribution < -0.4 is 5.32 Å². The normalized spacial score (nSPS) is 14.7. The van der Waals surface area contributed by atoms with E-state index >= 15 is 0 Å². The highest BCUT2D eigenvalue weighted by Crippen LogP contribution is 2.25. The van der Waals surface area contributed by atoms with Crippen molar-refractivity contribution in [1.29, 1.82) is 0 Å². The smallest absolute Gasteiger partial charge is 0.0375 e. The Hall–Kier alpha value is -1.02. The molecule has 1 heterocycles. The molecule has 1 aromatic carbocycles. The first kappa shape index (κ1) is 11.5. The Balaban J connectivity index is 2.14. The molecular formula is C14H22N2. The van der Waals surface area contributed by atoms with Gasteiger partial charge in [-0.3, -0.25) is 0 Å². The lowest BCUT2D eigenvalue weighted by molar-refractivity contribution is 0.326. The zero-order valence-corrected chi connectivity index (χ0v) is 10.4. The molecule has 88 valence electrons. The number of fused-ring (bicyclic) bond motifs is 1. The average molecular weight is 218 g/mol. The van der Waals surface area contributed by atoms with E-state index in [4.69, 9.17) is 0 Å². The molecule has 0 aromatic heterocycles. The minimum Gasteiger partial charge on any atom is -0.385 e. The Labute approximate surface area is 98.7 Å². The van der Waals surface area contributed by atoms with Crippen LogP contribution in [0.3, 0.4) is 0 Å². The van der Waals surface area contributed by atoms with Crippen molar-refractivity contribution in [2.24, 2.45) is 0 Å². The molecule has 1 aliphatic heterocycles. The number of hydrogen-bond acceptors (Lipinski definition) is 2. The third kappa shape index (κ3) is 2.56. The van der Waals surface area contributed by atoms with Crippen LogP contribution in [-0.2, 0) is 13.0 Å². The van der Waals surface area contributed by atoms with Crippen LogP contribution in [0.2, 0.25) is 0 Å². The Bertz CT molecular complexity index is 347. The molecule has 2 nitrogen and oxygen atoms in total. The van der Waals surface area contributed by atoms with Crippen molar-refractivity contribution in [3.05, 3.63) is 29.3 Å². The molecule has 16 heavy (non-hydrogen) atoms. The standard InChI is InChI=1S/C14H22N2/c1-3-10-16(2)11-12-6-4-8-14-13(12)7-5-9-15-14/h4,6,8,15H,3,5,7,9-11H2,1-2H3. The molecule has 2 heteroatoms. The number of hydrogen-bond donors (Lipinski definition) is 1. The summed E-state index contributed by atoms with van der Waals surface area (Å²) < 4.78 is 0. The molecule has 2 rings (SSSR count). The maximum absolute atomic E-state index is 3.49. The zero-order chi connectivity index (χ0) is 11.4. The molecule has 1 aromatic rings. The van der Waals surface area contributed by atoms with Crippen molar-refractivity contribution in [3.8, 4) is 0 Å². The van der Waals surface area contributed by atoms with Gasteiger partial charge in [0.05, 0.1) is 0 Å². The Morgan fingerprint density at radius 2 is 2.25 bits per heavy atom. The van der Waals surface area contributed by atoms with Gasteiger partial charge in [-0.15, -0.1) is 0 Å². The fourth-order valence-electron chi connectivity index (χ4n) is 2.48. The van der Waals surface area contributed by atoms with E-state index in [0.29, 0.717) is 0 Å². The third-order valence-corrected chi connectivity index (χ3v) is 3.24. The van der Waals surface area contributed by atoms with E-state index in [-0.39, 0.29) is 0 Å². The molecule has 0 bridgehead atoms. The van der Waals surface area contributed by atoms with Crippen LogP contribution in [0.1, 0.15) is 30.9 Å². The van der Waals surface area contributed by atoms with Gasteiger partial charge < -0.3 is 10.2 Å². The van der Waals surface area contributed by atoms with Crippen LogP contribution in [0.5, 0.6) is 0 Å². The lowest BCUT2D eigenvalue weighted by Gasteiger charge is -2.23. The summed E-state index contributed by atoms with van der Waals surface area (Å²) in [5.41, 5.74) is 4.39. The van der Waals surface area contributed by atoms with Crippen molar-refractivity contribution >= 4 is 5.69 Å². The predicted molar refractivity (Wildman–Crippen MR) is 69.9 cm³/mol. The summed E-state index contributed by atoms with van der Waals surface area (Å²) in [7, 11) is 2.21. The van der Waals surface area contributed by atoms with E-state index in [1.165, 1.54) is 42.6 Å². The van der Waals surface area contributed by atoms with E-state index in [0.717, 1.165) is 13.1 Å². The first-order valence-corrected chi connectivity index (χ1v) is 6.34. The minimum absolute atomic E-state index is 1.08. The molecule has 0 aliphatic carbocycles. The first-order valence-electron chi connectivity index (χ1n) is 6.34. The fourth-order valence-corrected chi connectivity index (χ4v) is 2.48. The largest absolute Gasteiger partial charge is 0.385 e. The van der Waals surface area contributed by atoms with Crippen molar-refractivity contribution in [2.45, 2.75) is 32.7 Å². The maximum Gasteiger partial charge on any atom is 0.0375 e. The van der Waals surface area contributed by atoms with Gasteiger partial charge in [-0.1, -0.05) is 19.1 Å². The molecule has 0 saturated carbocycles. The monoisotopic (exact) mass is 218 g/mol. The van der Waals surface area contributed by atoms with Gasteiger partial charge in [-0.2, -0.15) is 0 Å². The second-order valence-electron chi connectivity index (χ2n) is 4.71. The van der Waals surface area contributed by atoms with Gasteiger partial charge in [-0.05, 0) is 50.0 Å². The molecule has 0 atom stereocenters. The molecule has 0 fully saturated rings. The maximum atomic E-state index is 3.49. The second-order valence-corrected chi connectivity index (χ2v) is 4.71. The number of anilines is 1. The zero-order valence-electron chi connectivity index (χ0n) is 10.4. The summed E-state index contributed by atoms with van der Waals surface area (Å²) in [6.45, 7) is 5.62. The number of rotatable bonds is 4. The van der Waals surface area contributed by atoms with E-state index in [1.54, 1.807) is 0 Å². The van der Waals surface area contributed by atoms with Crippen molar-refractivity contribution in [2.75, 3.05) is 25.5 Å². The van der Waals surface area contributed by atoms with Crippen LogP contribution in [-0.4, -0.2) is 25.0 Å². The topological polar surface area (TPSA) is 15.3 Å². The van der Waals surface area contributed by atoms with Gasteiger partial charge in [0.2, 0.25) is 0 Å². The number of benzene rings is 1. The highest BCUT2D eigenvalue weighted by atomic mass is 15.1. The fraction of sp³-hybridized carbons (Fsp3) is 0.571. The minimum atomic E-state index is 1.08. The Morgan fingerprint density at radius 1 is 1.38 bits per heavy atom. The molecule has 1 N–H and O–H groups in total. The third-order valence-electron chi connectivity index (χ3n) is 3.24. The van der Waals surface area contributed by atoms with Gasteiger partial charge >= 0.3 is 0 Å². The molecule has 0 spiro atoms. The highest BCUT2D eigenvalue weighted by Gasteiger charge is 2.12. The van der Waals surface area contributed by atoms with E-state index < -0.39 is 0 Å². The van der Waals surface area contributed by atoms with Crippen molar-refractivity contribution < 1.29 is 0 Å². The SMILES string of the molecule is CCCN(C)Cc1cccc2c1CCCN2. The predicted octanol–water partition coefficient (Wildman–Crippen LogP) is 2.89. The van der Waals surface area contributed by atoms with E-state index in [2.05, 4.69) is 42.4 Å². The summed E-state index contributed by atoms with van der Waals surface area (Å²) in [5.74, 6) is 0. The quantitative estimate of drug-likeness (QED) is 0.836. The summed E-state index contributed by atoms with van der Waals surface area (Å²) >= 11 is 0. The molecule has 0 unspecified atom stereocenters. The average Bonchev–Trinajstić information content (AvgIpc) is 2.30. The van der Waals surface area contributed by atoms with Gasteiger partial charge in [-0.25, -0.2) is 0 Å². The number of nitrogens with zero attached hydrogens (tertiary/aromatic N) is 1. The van der Waals surface area contributed by atoms with Gasteiger partial charge in [0, 0.05) is 18.8 Å². The van der Waals surface area contributed by atoms with Crippen LogP contribution >= 0.6 is 0 Å². The van der Waals surface area contributed by atoms with Crippen LogP contribution in [0, 0.1) is 0 Å². The molecular weight excluding hydrogens is 196 g/mol. The summed E-state index contributed by atoms with van der Waals surface area (Å²) in [6, 6.07) is 6.65. The van der Waals surface area contributed by atoms with Gasteiger partial charge in [0.1, 0.15) is 0 Å². The summed E-state index contributed by atoms with van der Waals surface area (Å²) in [4.78, 5) is 2.41. The van der Waals surface area contributed by atoms with Crippen molar-refractivity contribution in [1.82, 2.24) is 4.90 Å². The second kappa shape index (κ2) is 5.35. The van der Waals surface area contributed by atoms with E-state index in [9.17, 15) is 0 Å². The van der Waals surface area contributed by atoms with Crippen molar-refractivity contribution in [3.63, 3.8) is 0 Å². The highest BCUT2D eigenvalue weighted by molar-refractivity contribution is 5.56. The summed E-state index contributed by atoms with van der Waals surface area (Å²) in [5, 5.41) is 3.49. The summed E-state index contributed by atoms with van der Waals surface area (Å²) in [6.07, 6.45) is 3.73. The molecule has 1 aliphatic rings. The molecule has 0 saturated heterocycles. The number of nitrogens with one attached hydrogen (secondary N) is 1. The first-order chi connectivity index (χ1) is 7.81. The van der Waals surface area contributed by atoms with Gasteiger partial charge in [0.15, 0.2) is 0 Å². The van der Waals surface area contributed by atoms with E-state index in [1.807, 2.05) is 0 Å². The Morgan fingerprint density at radius 3 is 3.06 bits per heavy atom. The molecule has 0 radical (unpaired) electrons. The Kier molecular flexibility index (Phi) is 3.83. The van der Waals surface area contributed by atoms with Gasteiger partial charge in [0.25, 0.3) is 0 Å². The van der Waals surface area contributed by atoms with Crippen LogP contribution in [0.25, 0.3) is 0 Å².